The number of benzene rings is 1. The molecule has 1 unspecified atom stereocenters. The van der Waals surface area contributed by atoms with Crippen molar-refractivity contribution >= 4 is 23.2 Å². The van der Waals surface area contributed by atoms with Crippen LogP contribution in [0.5, 0.6) is 0 Å². The smallest absolute Gasteiger partial charge is 0.223 e. The van der Waals surface area contributed by atoms with Gasteiger partial charge in [-0.25, -0.2) is 0 Å². The van der Waals surface area contributed by atoms with Crippen LogP contribution in [0.2, 0.25) is 5.02 Å². The molecule has 1 aromatic rings. The van der Waals surface area contributed by atoms with E-state index < -0.39 is 0 Å². The van der Waals surface area contributed by atoms with Crippen LogP contribution in [0, 0.1) is 23.2 Å². The second kappa shape index (κ2) is 7.70. The Bertz CT molecular complexity index is 601. The Hall–Kier alpha value is -1.73. The number of rotatable bonds is 4. The van der Waals surface area contributed by atoms with Crippen molar-refractivity contribution in [1.29, 1.82) is 5.26 Å². The van der Waals surface area contributed by atoms with E-state index in [4.69, 9.17) is 16.9 Å². The molecule has 1 heterocycles. The Morgan fingerprint density at radius 1 is 1.35 bits per heavy atom. The van der Waals surface area contributed by atoms with Gasteiger partial charge in [0.15, 0.2) is 0 Å². The van der Waals surface area contributed by atoms with Crippen LogP contribution >= 0.6 is 11.6 Å². The molecular weight excluding hydrogens is 310 g/mol. The minimum Gasteiger partial charge on any atom is -0.371 e. The first kappa shape index (κ1) is 17.6. The molecule has 23 heavy (non-hydrogen) atoms. The molecule has 1 N–H and O–H groups in total. The van der Waals surface area contributed by atoms with Crippen LogP contribution in [-0.2, 0) is 4.79 Å². The maximum atomic E-state index is 12.3. The van der Waals surface area contributed by atoms with E-state index in [0.29, 0.717) is 16.5 Å². The number of piperidine rings is 1. The first-order valence-electron chi connectivity index (χ1n) is 8.17. The fourth-order valence-corrected chi connectivity index (χ4v) is 2.92. The summed E-state index contributed by atoms with van der Waals surface area (Å²) >= 11 is 6.10. The molecule has 5 heteroatoms. The number of halogens is 1. The number of hydrogen-bond acceptors (Lipinski definition) is 3. The highest BCUT2D eigenvalue weighted by Crippen LogP contribution is 2.27. The van der Waals surface area contributed by atoms with Crippen molar-refractivity contribution in [1.82, 2.24) is 5.32 Å². The predicted octanol–water partition coefficient (Wildman–Crippen LogP) is 3.59. The van der Waals surface area contributed by atoms with Crippen LogP contribution in [0.3, 0.4) is 0 Å². The van der Waals surface area contributed by atoms with Crippen molar-refractivity contribution in [3.05, 3.63) is 28.8 Å². The number of hydrogen-bond donors (Lipinski definition) is 1. The standard InChI is InChI=1S/C18H24ClN3O/c1-12(2)13(3)21-18(23)14-6-8-22(9-7-14)16-5-4-15(11-20)17(19)10-16/h4-5,10,12-14H,6-9H2,1-3H3,(H,21,23). The highest BCUT2D eigenvalue weighted by Gasteiger charge is 2.26. The molecule has 0 aliphatic carbocycles. The molecule has 0 bridgehead atoms. The number of carbonyl (C=O) groups excluding carboxylic acids is 1. The minimum absolute atomic E-state index is 0.0845. The second-order valence-corrected chi connectivity index (χ2v) is 6.99. The number of anilines is 1. The lowest BCUT2D eigenvalue weighted by Crippen LogP contribution is -2.44. The molecule has 0 aromatic heterocycles. The summed E-state index contributed by atoms with van der Waals surface area (Å²) in [6.45, 7) is 7.94. The second-order valence-electron chi connectivity index (χ2n) is 6.58. The van der Waals surface area contributed by atoms with Crippen LogP contribution < -0.4 is 10.2 Å². The Morgan fingerprint density at radius 3 is 2.52 bits per heavy atom. The zero-order chi connectivity index (χ0) is 17.0. The molecule has 1 amide bonds. The van der Waals surface area contributed by atoms with E-state index in [9.17, 15) is 4.79 Å². The Balaban J connectivity index is 1.92. The van der Waals surface area contributed by atoms with Crippen LogP contribution in [0.15, 0.2) is 18.2 Å². The van der Waals surface area contributed by atoms with Gasteiger partial charge in [-0.15, -0.1) is 0 Å². The average molecular weight is 334 g/mol. The summed E-state index contributed by atoms with van der Waals surface area (Å²) in [5.74, 6) is 0.699. The molecule has 1 saturated heterocycles. The Labute approximate surface area is 143 Å². The van der Waals surface area contributed by atoms with E-state index in [1.54, 1.807) is 6.07 Å². The number of nitrogens with one attached hydrogen (secondary N) is 1. The van der Waals surface area contributed by atoms with E-state index in [1.807, 2.05) is 12.1 Å². The van der Waals surface area contributed by atoms with Gasteiger partial charge in [-0.3, -0.25) is 4.79 Å². The summed E-state index contributed by atoms with van der Waals surface area (Å²) in [6, 6.07) is 7.79. The van der Waals surface area contributed by atoms with Crippen LogP contribution in [0.1, 0.15) is 39.2 Å². The molecule has 0 radical (unpaired) electrons. The molecule has 1 fully saturated rings. The summed E-state index contributed by atoms with van der Waals surface area (Å²) < 4.78 is 0. The van der Waals surface area contributed by atoms with Crippen LogP contribution in [-0.4, -0.2) is 25.0 Å². The van der Waals surface area contributed by atoms with E-state index in [-0.39, 0.29) is 17.9 Å². The van der Waals surface area contributed by atoms with Gasteiger partial charge in [0.25, 0.3) is 0 Å². The van der Waals surface area contributed by atoms with Gasteiger partial charge >= 0.3 is 0 Å². The van der Waals surface area contributed by atoms with Crippen molar-refractivity contribution in [3.8, 4) is 6.07 Å². The monoisotopic (exact) mass is 333 g/mol. The van der Waals surface area contributed by atoms with Crippen molar-refractivity contribution in [2.24, 2.45) is 11.8 Å². The van der Waals surface area contributed by atoms with Crippen molar-refractivity contribution < 1.29 is 4.79 Å². The van der Waals surface area contributed by atoms with Gasteiger partial charge in [-0.05, 0) is 43.9 Å². The van der Waals surface area contributed by atoms with Crippen molar-refractivity contribution in [2.45, 2.75) is 39.7 Å². The molecule has 124 valence electrons. The van der Waals surface area contributed by atoms with Crippen molar-refractivity contribution in [2.75, 3.05) is 18.0 Å². The lowest BCUT2D eigenvalue weighted by Gasteiger charge is -2.34. The summed E-state index contributed by atoms with van der Waals surface area (Å²) in [5.41, 5.74) is 1.51. The quantitative estimate of drug-likeness (QED) is 0.916. The first-order chi connectivity index (χ1) is 10.9. The highest BCUT2D eigenvalue weighted by molar-refractivity contribution is 6.32. The molecule has 1 aliphatic rings. The van der Waals surface area contributed by atoms with Gasteiger partial charge in [0, 0.05) is 30.7 Å². The molecule has 0 spiro atoms. The van der Waals surface area contributed by atoms with Gasteiger partial charge in [0.05, 0.1) is 10.6 Å². The fraction of sp³-hybridized carbons (Fsp3) is 0.556. The first-order valence-corrected chi connectivity index (χ1v) is 8.55. The van der Waals surface area contributed by atoms with Crippen molar-refractivity contribution in [3.63, 3.8) is 0 Å². The molecule has 1 aromatic carbocycles. The molecule has 0 saturated carbocycles. The normalized spacial score (nSPS) is 17.0. The van der Waals surface area contributed by atoms with Gasteiger partial charge in [0.1, 0.15) is 6.07 Å². The number of nitrogens with zero attached hydrogens (tertiary/aromatic N) is 2. The van der Waals surface area contributed by atoms with Crippen LogP contribution in [0.4, 0.5) is 5.69 Å². The maximum absolute atomic E-state index is 12.3. The third-order valence-electron chi connectivity index (χ3n) is 4.67. The lowest BCUT2D eigenvalue weighted by atomic mass is 9.94. The van der Waals surface area contributed by atoms with E-state index in [0.717, 1.165) is 31.6 Å². The zero-order valence-electron chi connectivity index (χ0n) is 14.0. The molecular formula is C18H24ClN3O. The third-order valence-corrected chi connectivity index (χ3v) is 4.99. The van der Waals surface area contributed by atoms with Gasteiger partial charge in [0.2, 0.25) is 5.91 Å². The van der Waals surface area contributed by atoms with Gasteiger partial charge in [-0.1, -0.05) is 25.4 Å². The summed E-state index contributed by atoms with van der Waals surface area (Å²) in [4.78, 5) is 14.5. The van der Waals surface area contributed by atoms with E-state index in [2.05, 4.69) is 37.1 Å². The fourth-order valence-electron chi connectivity index (χ4n) is 2.70. The summed E-state index contributed by atoms with van der Waals surface area (Å²) in [5, 5.41) is 12.5. The third kappa shape index (κ3) is 4.39. The van der Waals surface area contributed by atoms with Gasteiger partial charge in [-0.2, -0.15) is 5.26 Å². The van der Waals surface area contributed by atoms with Gasteiger partial charge < -0.3 is 10.2 Å². The predicted molar refractivity (Wildman–Crippen MR) is 93.5 cm³/mol. The van der Waals surface area contributed by atoms with E-state index in [1.165, 1.54) is 0 Å². The number of nitriles is 1. The molecule has 2 rings (SSSR count). The largest absolute Gasteiger partial charge is 0.371 e. The summed E-state index contributed by atoms with van der Waals surface area (Å²) in [6.07, 6.45) is 1.68. The average Bonchev–Trinajstić information content (AvgIpc) is 2.54. The zero-order valence-corrected chi connectivity index (χ0v) is 14.7. The van der Waals surface area contributed by atoms with E-state index >= 15 is 0 Å². The molecule has 1 aliphatic heterocycles. The maximum Gasteiger partial charge on any atom is 0.223 e. The Kier molecular flexibility index (Phi) is 5.90. The Morgan fingerprint density at radius 2 is 2.00 bits per heavy atom. The number of carbonyl (C=O) groups is 1. The molecule has 1 atom stereocenters. The number of amides is 1. The SMILES string of the molecule is CC(C)C(C)NC(=O)C1CCN(c2ccc(C#N)c(Cl)c2)CC1. The minimum atomic E-state index is 0.0845. The molecule has 4 nitrogen and oxygen atoms in total. The highest BCUT2D eigenvalue weighted by atomic mass is 35.5. The lowest BCUT2D eigenvalue weighted by molar-refractivity contribution is -0.126. The summed E-state index contributed by atoms with van der Waals surface area (Å²) in [7, 11) is 0. The van der Waals surface area contributed by atoms with Crippen LogP contribution in [0.25, 0.3) is 0 Å². The topological polar surface area (TPSA) is 56.1 Å².